The molecule has 1 aromatic rings. The number of imidazole rings is 1. The molecule has 1 aliphatic carbocycles. The van der Waals surface area contributed by atoms with Gasteiger partial charge in [0.2, 0.25) is 0 Å². The number of hydrogen-bond donors (Lipinski definition) is 1. The summed E-state index contributed by atoms with van der Waals surface area (Å²) in [4.78, 5) is 7.64. The Morgan fingerprint density at radius 2 is 2.33 bits per heavy atom. The Kier molecular flexibility index (Phi) is 1.82. The molecule has 0 aliphatic heterocycles. The standard InChI is InChI=1S/C10H12N2/c1-8-11-9-6-4-2-3-5-7-10(9)12-8/h2-4,6H,5,7H2,1H3,(H,11,12)/b3-2-,6-4-. The third-order valence-electron chi connectivity index (χ3n) is 1.99. The fourth-order valence-electron chi connectivity index (χ4n) is 1.44. The monoisotopic (exact) mass is 160 g/mol. The van der Waals surface area contributed by atoms with Crippen LogP contribution >= 0.6 is 0 Å². The molecular formula is C10H12N2. The molecule has 1 aromatic heterocycles. The lowest BCUT2D eigenvalue weighted by molar-refractivity contribution is 0.946. The predicted molar refractivity (Wildman–Crippen MR) is 49.8 cm³/mol. The van der Waals surface area contributed by atoms with Gasteiger partial charge < -0.3 is 4.98 Å². The maximum Gasteiger partial charge on any atom is 0.103 e. The average molecular weight is 160 g/mol. The van der Waals surface area contributed by atoms with Crippen molar-refractivity contribution in [3.63, 3.8) is 0 Å². The van der Waals surface area contributed by atoms with Crippen LogP contribution in [0.25, 0.3) is 6.08 Å². The Morgan fingerprint density at radius 3 is 3.25 bits per heavy atom. The Hall–Kier alpha value is -1.31. The van der Waals surface area contributed by atoms with Gasteiger partial charge in [0.1, 0.15) is 5.82 Å². The van der Waals surface area contributed by atoms with Gasteiger partial charge in [-0.2, -0.15) is 0 Å². The molecular weight excluding hydrogens is 148 g/mol. The average Bonchev–Trinajstić information content (AvgIpc) is 2.32. The number of aromatic nitrogens is 2. The Labute approximate surface area is 72.0 Å². The minimum atomic E-state index is 1.01. The molecule has 0 atom stereocenters. The minimum absolute atomic E-state index is 1.01. The van der Waals surface area contributed by atoms with Gasteiger partial charge in [-0.3, -0.25) is 0 Å². The molecule has 0 bridgehead atoms. The molecule has 0 unspecified atom stereocenters. The summed E-state index contributed by atoms with van der Waals surface area (Å²) in [5.41, 5.74) is 2.35. The molecule has 1 heterocycles. The number of hydrogen-bond acceptors (Lipinski definition) is 1. The van der Waals surface area contributed by atoms with Crippen LogP contribution in [0.1, 0.15) is 23.6 Å². The highest BCUT2D eigenvalue weighted by Gasteiger charge is 2.04. The van der Waals surface area contributed by atoms with E-state index in [9.17, 15) is 0 Å². The quantitative estimate of drug-likeness (QED) is 0.619. The maximum absolute atomic E-state index is 4.38. The van der Waals surface area contributed by atoms with Crippen LogP contribution in [-0.4, -0.2) is 9.97 Å². The van der Waals surface area contributed by atoms with E-state index in [0.29, 0.717) is 0 Å². The molecule has 12 heavy (non-hydrogen) atoms. The highest BCUT2D eigenvalue weighted by molar-refractivity contribution is 5.50. The van der Waals surface area contributed by atoms with Crippen molar-refractivity contribution in [3.05, 3.63) is 35.4 Å². The maximum atomic E-state index is 4.38. The summed E-state index contributed by atoms with van der Waals surface area (Å²) < 4.78 is 0. The number of rotatable bonds is 0. The van der Waals surface area contributed by atoms with E-state index in [4.69, 9.17) is 0 Å². The van der Waals surface area contributed by atoms with Gasteiger partial charge in [-0.15, -0.1) is 0 Å². The van der Waals surface area contributed by atoms with Gasteiger partial charge in [-0.1, -0.05) is 18.2 Å². The van der Waals surface area contributed by atoms with E-state index in [0.717, 1.165) is 24.4 Å². The topological polar surface area (TPSA) is 28.7 Å². The summed E-state index contributed by atoms with van der Waals surface area (Å²) in [6.45, 7) is 1.99. The zero-order valence-corrected chi connectivity index (χ0v) is 7.17. The van der Waals surface area contributed by atoms with Crippen molar-refractivity contribution in [2.75, 3.05) is 0 Å². The van der Waals surface area contributed by atoms with Crippen molar-refractivity contribution in [1.82, 2.24) is 9.97 Å². The third-order valence-corrected chi connectivity index (χ3v) is 1.99. The van der Waals surface area contributed by atoms with E-state index >= 15 is 0 Å². The minimum Gasteiger partial charge on any atom is -0.346 e. The molecule has 0 saturated carbocycles. The fourth-order valence-corrected chi connectivity index (χ4v) is 1.44. The van der Waals surface area contributed by atoms with Crippen molar-refractivity contribution < 1.29 is 0 Å². The second-order valence-corrected chi connectivity index (χ2v) is 3.01. The van der Waals surface area contributed by atoms with Crippen molar-refractivity contribution >= 4 is 6.08 Å². The molecule has 2 nitrogen and oxygen atoms in total. The van der Waals surface area contributed by atoms with Gasteiger partial charge in [-0.25, -0.2) is 4.98 Å². The summed E-state index contributed by atoms with van der Waals surface area (Å²) in [7, 11) is 0. The number of allylic oxidation sites excluding steroid dienone is 3. The zero-order chi connectivity index (χ0) is 8.39. The molecule has 62 valence electrons. The van der Waals surface area contributed by atoms with Crippen LogP contribution in [0.5, 0.6) is 0 Å². The first-order chi connectivity index (χ1) is 5.86. The van der Waals surface area contributed by atoms with Crippen LogP contribution in [0, 0.1) is 6.92 Å². The largest absolute Gasteiger partial charge is 0.346 e. The van der Waals surface area contributed by atoms with Crippen molar-refractivity contribution in [2.24, 2.45) is 0 Å². The van der Waals surface area contributed by atoms with Gasteiger partial charge in [0.15, 0.2) is 0 Å². The van der Waals surface area contributed by atoms with Gasteiger partial charge in [0, 0.05) is 5.69 Å². The van der Waals surface area contributed by atoms with Crippen molar-refractivity contribution in [1.29, 1.82) is 0 Å². The molecule has 1 N–H and O–H groups in total. The van der Waals surface area contributed by atoms with E-state index < -0.39 is 0 Å². The summed E-state index contributed by atoms with van der Waals surface area (Å²) >= 11 is 0. The SMILES string of the molecule is Cc1nc2c([nH]1)CC/C=C\C=C/2. The highest BCUT2D eigenvalue weighted by atomic mass is 14.9. The molecule has 0 fully saturated rings. The van der Waals surface area contributed by atoms with Gasteiger partial charge in [0.05, 0.1) is 5.69 Å². The first kappa shape index (κ1) is 7.35. The molecule has 0 saturated heterocycles. The van der Waals surface area contributed by atoms with E-state index in [1.165, 1.54) is 5.69 Å². The van der Waals surface area contributed by atoms with Crippen molar-refractivity contribution in [2.45, 2.75) is 19.8 Å². The predicted octanol–water partition coefficient (Wildman–Crippen LogP) is 2.23. The number of aryl methyl sites for hydroxylation is 2. The number of nitrogens with zero attached hydrogens (tertiary/aromatic N) is 1. The lowest BCUT2D eigenvalue weighted by atomic mass is 10.1. The Bertz CT molecular complexity index is 332. The second kappa shape index (κ2) is 2.97. The zero-order valence-electron chi connectivity index (χ0n) is 7.17. The molecule has 0 radical (unpaired) electrons. The lowest BCUT2D eigenvalue weighted by Crippen LogP contribution is -1.88. The summed E-state index contributed by atoms with van der Waals surface area (Å²) in [5, 5.41) is 0. The van der Waals surface area contributed by atoms with Crippen LogP contribution in [0.2, 0.25) is 0 Å². The van der Waals surface area contributed by atoms with Crippen molar-refractivity contribution in [3.8, 4) is 0 Å². The fraction of sp³-hybridized carbons (Fsp3) is 0.300. The van der Waals surface area contributed by atoms with Crippen LogP contribution in [0.3, 0.4) is 0 Å². The summed E-state index contributed by atoms with van der Waals surface area (Å²) in [5.74, 6) is 1.01. The molecule has 2 heteroatoms. The summed E-state index contributed by atoms with van der Waals surface area (Å²) in [6, 6.07) is 0. The van der Waals surface area contributed by atoms with Crippen LogP contribution in [-0.2, 0) is 6.42 Å². The highest BCUT2D eigenvalue weighted by Crippen LogP contribution is 2.12. The van der Waals surface area contributed by atoms with Gasteiger partial charge in [0.25, 0.3) is 0 Å². The van der Waals surface area contributed by atoms with E-state index in [1.54, 1.807) is 0 Å². The van der Waals surface area contributed by atoms with Gasteiger partial charge >= 0.3 is 0 Å². The number of nitrogens with one attached hydrogen (secondary N) is 1. The van der Waals surface area contributed by atoms with Crippen LogP contribution in [0.15, 0.2) is 18.2 Å². The van der Waals surface area contributed by atoms with E-state index in [-0.39, 0.29) is 0 Å². The molecule has 0 aromatic carbocycles. The molecule has 2 rings (SSSR count). The van der Waals surface area contributed by atoms with E-state index in [1.807, 2.05) is 13.0 Å². The number of H-pyrrole nitrogens is 1. The first-order valence-corrected chi connectivity index (χ1v) is 4.25. The lowest BCUT2D eigenvalue weighted by Gasteiger charge is -1.97. The Balaban J connectivity index is 2.42. The molecule has 1 aliphatic rings. The van der Waals surface area contributed by atoms with Crippen LogP contribution in [0.4, 0.5) is 0 Å². The first-order valence-electron chi connectivity index (χ1n) is 4.25. The number of fused-ring (bicyclic) bond motifs is 1. The summed E-state index contributed by atoms with van der Waals surface area (Å²) in [6.07, 6.45) is 10.5. The van der Waals surface area contributed by atoms with Crippen LogP contribution < -0.4 is 0 Å². The third kappa shape index (κ3) is 1.33. The molecule has 0 amide bonds. The van der Waals surface area contributed by atoms with Gasteiger partial charge in [-0.05, 0) is 25.8 Å². The second-order valence-electron chi connectivity index (χ2n) is 3.01. The molecule has 0 spiro atoms. The Morgan fingerprint density at radius 1 is 1.42 bits per heavy atom. The normalized spacial score (nSPS) is 20.8. The number of aromatic amines is 1. The van der Waals surface area contributed by atoms with E-state index in [2.05, 4.69) is 28.2 Å². The smallest absolute Gasteiger partial charge is 0.103 e.